The molecule has 2 aromatic carbocycles. The van der Waals surface area contributed by atoms with Gasteiger partial charge < -0.3 is 25.5 Å². The first-order valence-corrected chi connectivity index (χ1v) is 9.90. The fourth-order valence-corrected chi connectivity index (χ4v) is 3.08. The Balaban J connectivity index is 0.000000992. The number of nitrogens with two attached hydrogens (primary N) is 1. The number of primary amides is 1. The normalized spacial score (nSPS) is 9.42. The molecule has 0 saturated heterocycles. The summed E-state index contributed by atoms with van der Waals surface area (Å²) in [6.45, 7) is 3.29. The predicted octanol–water partition coefficient (Wildman–Crippen LogP) is 3.59. The second-order valence-corrected chi connectivity index (χ2v) is 6.62. The number of aryl methyl sites for hydroxylation is 1. The SMILES string of the molecule is C#C.CC(N)=O.CO.COc1ccccc1CN(C)CCCc1c[nH]c2ccccc12. The molecule has 1 aromatic heterocycles. The number of para-hydroxylation sites is 2. The Morgan fingerprint density at radius 3 is 2.32 bits per heavy atom. The highest BCUT2D eigenvalue weighted by atomic mass is 16.5. The highest BCUT2D eigenvalue weighted by molar-refractivity contribution is 5.83. The molecule has 6 nitrogen and oxygen atoms in total. The largest absolute Gasteiger partial charge is 0.496 e. The van der Waals surface area contributed by atoms with Gasteiger partial charge in [-0.05, 0) is 44.1 Å². The smallest absolute Gasteiger partial charge is 0.214 e. The van der Waals surface area contributed by atoms with Gasteiger partial charge in [0.25, 0.3) is 0 Å². The van der Waals surface area contributed by atoms with Crippen LogP contribution < -0.4 is 10.5 Å². The quantitative estimate of drug-likeness (QED) is 0.505. The number of ether oxygens (including phenoxy) is 1. The summed E-state index contributed by atoms with van der Waals surface area (Å²) >= 11 is 0. The minimum absolute atomic E-state index is 0.333. The number of nitrogens with zero attached hydrogens (tertiary/aromatic N) is 1. The van der Waals surface area contributed by atoms with Crippen LogP contribution in [0.5, 0.6) is 5.75 Å². The van der Waals surface area contributed by atoms with Crippen molar-refractivity contribution >= 4 is 16.8 Å². The van der Waals surface area contributed by atoms with Crippen LogP contribution in [0.4, 0.5) is 0 Å². The molecule has 0 aliphatic heterocycles. The number of fused-ring (bicyclic) bond motifs is 1. The highest BCUT2D eigenvalue weighted by Gasteiger charge is 2.07. The molecular formula is C25H35N3O3. The van der Waals surface area contributed by atoms with E-state index >= 15 is 0 Å². The molecule has 1 heterocycles. The van der Waals surface area contributed by atoms with Gasteiger partial charge in [0.15, 0.2) is 0 Å². The van der Waals surface area contributed by atoms with Gasteiger partial charge in [0.2, 0.25) is 5.91 Å². The lowest BCUT2D eigenvalue weighted by Crippen LogP contribution is -2.20. The molecular weight excluding hydrogens is 390 g/mol. The van der Waals surface area contributed by atoms with Crippen LogP contribution >= 0.6 is 0 Å². The fraction of sp³-hybridized carbons (Fsp3) is 0.320. The standard InChI is InChI=1S/C20H24N2O.C2H5NO.C2H2.CH4O/c1-22(15-17-8-3-6-12-20(17)23-2)13-7-9-16-14-21-19-11-5-4-10-18(16)19;1-2(3)4;2*1-2/h3-6,8,10-12,14,21H,7,9,13,15H2,1-2H3;1H3,(H2,3,4);1-2H;2H,1H3. The van der Waals surface area contributed by atoms with Crippen LogP contribution in [-0.2, 0) is 17.8 Å². The second kappa shape index (κ2) is 16.5. The molecule has 0 fully saturated rings. The summed E-state index contributed by atoms with van der Waals surface area (Å²) in [5.41, 5.74) is 8.35. The predicted molar refractivity (Wildman–Crippen MR) is 129 cm³/mol. The molecule has 0 radical (unpaired) electrons. The van der Waals surface area contributed by atoms with Gasteiger partial charge in [-0.25, -0.2) is 0 Å². The molecule has 3 rings (SSSR count). The number of hydrogen-bond donors (Lipinski definition) is 3. The summed E-state index contributed by atoms with van der Waals surface area (Å²) < 4.78 is 5.43. The Hall–Kier alpha value is -3.27. The Morgan fingerprint density at radius 1 is 1.10 bits per heavy atom. The van der Waals surface area contributed by atoms with E-state index < -0.39 is 0 Å². The van der Waals surface area contributed by atoms with E-state index in [9.17, 15) is 4.79 Å². The van der Waals surface area contributed by atoms with Crippen molar-refractivity contribution in [2.75, 3.05) is 27.8 Å². The Labute approximate surface area is 186 Å². The summed E-state index contributed by atoms with van der Waals surface area (Å²) in [5.74, 6) is 0.635. The van der Waals surface area contributed by atoms with Crippen LogP contribution in [0.25, 0.3) is 10.9 Å². The van der Waals surface area contributed by atoms with E-state index in [1.807, 2.05) is 12.1 Å². The molecule has 31 heavy (non-hydrogen) atoms. The van der Waals surface area contributed by atoms with Gasteiger partial charge in [-0.2, -0.15) is 0 Å². The molecule has 0 atom stereocenters. The Kier molecular flexibility index (Phi) is 14.8. The van der Waals surface area contributed by atoms with Gasteiger partial charge in [0, 0.05) is 43.2 Å². The van der Waals surface area contributed by atoms with Gasteiger partial charge in [0.05, 0.1) is 7.11 Å². The number of terminal acetylenes is 1. The third-order valence-corrected chi connectivity index (χ3v) is 4.29. The average Bonchev–Trinajstić information content (AvgIpc) is 3.20. The van der Waals surface area contributed by atoms with E-state index in [-0.39, 0.29) is 5.91 Å². The van der Waals surface area contributed by atoms with Gasteiger partial charge in [-0.3, -0.25) is 4.79 Å². The zero-order valence-corrected chi connectivity index (χ0v) is 19.0. The molecule has 6 heteroatoms. The van der Waals surface area contributed by atoms with E-state index in [0.29, 0.717) is 0 Å². The van der Waals surface area contributed by atoms with Gasteiger partial charge >= 0.3 is 0 Å². The number of aliphatic hydroxyl groups excluding tert-OH is 1. The number of aromatic amines is 1. The first kappa shape index (κ1) is 27.7. The van der Waals surface area contributed by atoms with Crippen LogP contribution in [0.15, 0.2) is 54.7 Å². The molecule has 0 bridgehead atoms. The van der Waals surface area contributed by atoms with E-state index in [2.05, 4.69) is 78.1 Å². The number of carbonyl (C=O) groups is 1. The van der Waals surface area contributed by atoms with Crippen molar-refractivity contribution in [1.29, 1.82) is 0 Å². The first-order valence-electron chi connectivity index (χ1n) is 9.90. The highest BCUT2D eigenvalue weighted by Crippen LogP contribution is 2.20. The molecule has 0 aliphatic carbocycles. The van der Waals surface area contributed by atoms with E-state index in [0.717, 1.165) is 38.8 Å². The maximum absolute atomic E-state index is 9.22. The van der Waals surface area contributed by atoms with Crippen molar-refractivity contribution < 1.29 is 14.6 Å². The molecule has 4 N–H and O–H groups in total. The molecule has 0 unspecified atom stereocenters. The van der Waals surface area contributed by atoms with Crippen molar-refractivity contribution in [2.45, 2.75) is 26.3 Å². The maximum atomic E-state index is 9.22. The number of hydrogen-bond acceptors (Lipinski definition) is 4. The third-order valence-electron chi connectivity index (χ3n) is 4.29. The van der Waals surface area contributed by atoms with Crippen LogP contribution in [0.1, 0.15) is 24.5 Å². The van der Waals surface area contributed by atoms with Gasteiger partial charge in [-0.1, -0.05) is 36.4 Å². The topological polar surface area (TPSA) is 91.6 Å². The maximum Gasteiger partial charge on any atom is 0.214 e. The van der Waals surface area contributed by atoms with Crippen molar-refractivity contribution in [1.82, 2.24) is 9.88 Å². The third kappa shape index (κ3) is 10.4. The Morgan fingerprint density at radius 2 is 1.68 bits per heavy atom. The summed E-state index contributed by atoms with van der Waals surface area (Å²) in [7, 11) is 4.90. The molecule has 3 aromatic rings. The minimum Gasteiger partial charge on any atom is -0.496 e. The molecule has 1 amide bonds. The summed E-state index contributed by atoms with van der Waals surface area (Å²) in [4.78, 5) is 14.9. The Bertz CT molecular complexity index is 899. The number of benzene rings is 2. The van der Waals surface area contributed by atoms with Crippen molar-refractivity contribution in [3.63, 3.8) is 0 Å². The lowest BCUT2D eigenvalue weighted by Gasteiger charge is -2.18. The number of carbonyl (C=O) groups excluding carboxylic acids is 1. The number of aliphatic hydroxyl groups is 1. The number of aromatic nitrogens is 1. The lowest BCUT2D eigenvalue weighted by molar-refractivity contribution is -0.115. The number of amides is 1. The van der Waals surface area contributed by atoms with Gasteiger partial charge in [0.1, 0.15) is 5.75 Å². The molecule has 0 spiro atoms. The van der Waals surface area contributed by atoms with Crippen molar-refractivity contribution in [3.05, 3.63) is 65.9 Å². The summed E-state index contributed by atoms with van der Waals surface area (Å²) in [6, 6.07) is 16.7. The van der Waals surface area contributed by atoms with Gasteiger partial charge in [-0.15, -0.1) is 12.8 Å². The zero-order valence-electron chi connectivity index (χ0n) is 19.0. The minimum atomic E-state index is -0.333. The van der Waals surface area contributed by atoms with E-state index in [4.69, 9.17) is 9.84 Å². The van der Waals surface area contributed by atoms with E-state index in [1.165, 1.54) is 29.0 Å². The second-order valence-electron chi connectivity index (χ2n) is 6.62. The lowest BCUT2D eigenvalue weighted by atomic mass is 10.1. The summed E-state index contributed by atoms with van der Waals surface area (Å²) in [5, 5.41) is 8.35. The van der Waals surface area contributed by atoms with Crippen LogP contribution in [0.2, 0.25) is 0 Å². The zero-order chi connectivity index (χ0) is 23.6. The monoisotopic (exact) mass is 425 g/mol. The van der Waals surface area contributed by atoms with Crippen LogP contribution in [-0.4, -0.2) is 48.7 Å². The number of rotatable bonds is 7. The van der Waals surface area contributed by atoms with Crippen LogP contribution in [0.3, 0.4) is 0 Å². The van der Waals surface area contributed by atoms with Crippen molar-refractivity contribution in [2.24, 2.45) is 5.73 Å². The van der Waals surface area contributed by atoms with Crippen LogP contribution in [0, 0.1) is 12.8 Å². The number of methoxy groups -OCH3 is 1. The van der Waals surface area contributed by atoms with Crippen molar-refractivity contribution in [3.8, 4) is 18.6 Å². The number of nitrogens with one attached hydrogen (secondary N) is 1. The fourth-order valence-electron chi connectivity index (χ4n) is 3.08. The average molecular weight is 426 g/mol. The molecule has 168 valence electrons. The molecule has 0 saturated carbocycles. The molecule has 0 aliphatic rings. The van der Waals surface area contributed by atoms with E-state index in [1.54, 1.807) is 7.11 Å². The number of H-pyrrole nitrogens is 1. The summed E-state index contributed by atoms with van der Waals surface area (Å²) in [6.07, 6.45) is 12.4. The first-order chi connectivity index (χ1) is 15.0.